The van der Waals surface area contributed by atoms with Crippen LogP contribution in [-0.2, 0) is 18.9 Å². The Balaban J connectivity index is 1.39. The van der Waals surface area contributed by atoms with Crippen LogP contribution >= 0.6 is 0 Å². The van der Waals surface area contributed by atoms with E-state index in [0.717, 1.165) is 28.0 Å². The number of aliphatic hydroxyl groups excluding tert-OH is 1. The summed E-state index contributed by atoms with van der Waals surface area (Å²) in [6.07, 6.45) is -1.31. The molecule has 0 amide bonds. The summed E-state index contributed by atoms with van der Waals surface area (Å²) in [5.74, 6) is 0. The van der Waals surface area contributed by atoms with Crippen molar-refractivity contribution >= 4 is 5.73 Å². The lowest BCUT2D eigenvalue weighted by Gasteiger charge is -2.47. The molecule has 2 aromatic carbocycles. The zero-order chi connectivity index (χ0) is 19.1. The quantitative estimate of drug-likeness (QED) is 0.732. The molecule has 0 aromatic heterocycles. The molecule has 2 fully saturated rings. The minimum atomic E-state index is -0.625. The molecule has 146 valence electrons. The lowest BCUT2D eigenvalue weighted by Crippen LogP contribution is -2.57. The smallest absolute Gasteiger partial charge is 0.185 e. The van der Waals surface area contributed by atoms with Crippen molar-refractivity contribution in [3.05, 3.63) is 70.1 Å². The van der Waals surface area contributed by atoms with E-state index in [0.29, 0.717) is 13.0 Å². The van der Waals surface area contributed by atoms with Crippen molar-refractivity contribution in [2.45, 2.75) is 56.8 Å². The molecule has 2 saturated heterocycles. The van der Waals surface area contributed by atoms with Crippen LogP contribution in [0.2, 0.25) is 0 Å². The summed E-state index contributed by atoms with van der Waals surface area (Å²) < 4.78 is 24.6. The summed E-state index contributed by atoms with van der Waals surface area (Å²) in [5.41, 5.74) is 5.07. The molecule has 0 spiro atoms. The van der Waals surface area contributed by atoms with E-state index in [9.17, 15) is 5.11 Å². The fourth-order valence-corrected chi connectivity index (χ4v) is 3.98. The first-order valence-corrected chi connectivity index (χ1v) is 9.95. The van der Waals surface area contributed by atoms with Crippen molar-refractivity contribution in [3.8, 4) is 0 Å². The maximum absolute atomic E-state index is 10.8. The molecular weight excluding hydrogens is 356 g/mol. The number of fused-ring (bicyclic) bond motifs is 2. The van der Waals surface area contributed by atoms with E-state index in [1.807, 2.05) is 55.5 Å². The highest BCUT2D eigenvalue weighted by Crippen LogP contribution is 2.39. The van der Waals surface area contributed by atoms with Crippen LogP contribution in [0.3, 0.4) is 0 Å². The van der Waals surface area contributed by atoms with Crippen LogP contribution in [0.15, 0.2) is 48.5 Å². The van der Waals surface area contributed by atoms with Crippen molar-refractivity contribution in [1.29, 1.82) is 0 Å². The van der Waals surface area contributed by atoms with Gasteiger partial charge in [-0.2, -0.15) is 0 Å². The zero-order valence-electron chi connectivity index (χ0n) is 15.8. The zero-order valence-corrected chi connectivity index (χ0v) is 15.8. The van der Waals surface area contributed by atoms with Crippen LogP contribution in [0.1, 0.15) is 43.5 Å². The molecule has 6 unspecified atom stereocenters. The van der Waals surface area contributed by atoms with E-state index in [4.69, 9.17) is 18.9 Å². The van der Waals surface area contributed by atoms with Gasteiger partial charge in [-0.1, -0.05) is 49.7 Å². The van der Waals surface area contributed by atoms with Crippen molar-refractivity contribution in [1.82, 2.24) is 0 Å². The van der Waals surface area contributed by atoms with Gasteiger partial charge < -0.3 is 24.1 Å². The van der Waals surface area contributed by atoms with E-state index in [-0.39, 0.29) is 6.10 Å². The lowest BCUT2D eigenvalue weighted by molar-refractivity contribution is -0.372. The number of ether oxygens (including phenoxy) is 4. The molecule has 2 aromatic rings. The van der Waals surface area contributed by atoms with Gasteiger partial charge in [-0.3, -0.25) is 0 Å². The molecule has 2 aliphatic heterocycles. The van der Waals surface area contributed by atoms with Crippen LogP contribution in [-0.4, -0.2) is 36.1 Å². The second kappa shape index (κ2) is 7.45. The molecular formula is C23H24O5. The van der Waals surface area contributed by atoms with Crippen LogP contribution < -0.4 is 10.4 Å². The molecule has 6 atom stereocenters. The molecule has 0 saturated carbocycles. The third-order valence-electron chi connectivity index (χ3n) is 5.52. The number of hydrogen-bond donors (Lipinski definition) is 1. The Hall–Kier alpha value is -1.98. The first kappa shape index (κ1) is 18.1. The summed E-state index contributed by atoms with van der Waals surface area (Å²) in [4.78, 5) is 0. The van der Waals surface area contributed by atoms with Gasteiger partial charge in [0.25, 0.3) is 0 Å². The largest absolute Gasteiger partial charge is 0.390 e. The summed E-state index contributed by atoms with van der Waals surface area (Å²) in [6.45, 7) is 2.44. The van der Waals surface area contributed by atoms with Crippen LogP contribution in [0.4, 0.5) is 0 Å². The molecule has 1 aliphatic carbocycles. The highest BCUT2D eigenvalue weighted by Gasteiger charge is 2.48. The van der Waals surface area contributed by atoms with Crippen molar-refractivity contribution < 1.29 is 24.1 Å². The second-order valence-electron chi connectivity index (χ2n) is 7.57. The minimum absolute atomic E-state index is 0.299. The number of hydrogen-bond acceptors (Lipinski definition) is 5. The lowest BCUT2D eigenvalue weighted by atomic mass is 9.97. The predicted octanol–water partition coefficient (Wildman–Crippen LogP) is 1.81. The normalized spacial score (nSPS) is 31.7. The summed E-state index contributed by atoms with van der Waals surface area (Å²) in [5, 5.41) is 13.0. The maximum atomic E-state index is 10.8. The molecule has 5 nitrogen and oxygen atoms in total. The second-order valence-corrected chi connectivity index (χ2v) is 7.57. The Morgan fingerprint density at radius 3 is 2.64 bits per heavy atom. The van der Waals surface area contributed by atoms with E-state index in [2.05, 4.69) is 5.73 Å². The molecule has 28 heavy (non-hydrogen) atoms. The summed E-state index contributed by atoms with van der Waals surface area (Å²) in [6, 6.07) is 15.9. The monoisotopic (exact) mass is 380 g/mol. The molecule has 5 rings (SSSR count). The van der Waals surface area contributed by atoms with Crippen LogP contribution in [0, 0.1) is 0 Å². The van der Waals surface area contributed by atoms with Crippen molar-refractivity contribution in [2.75, 3.05) is 6.61 Å². The molecule has 0 radical (unpaired) electrons. The van der Waals surface area contributed by atoms with Gasteiger partial charge in [0.2, 0.25) is 0 Å². The molecule has 2 heterocycles. The molecule has 1 N–H and O–H groups in total. The Morgan fingerprint density at radius 1 is 1.00 bits per heavy atom. The predicted molar refractivity (Wildman–Crippen MR) is 102 cm³/mol. The SMILES string of the molecule is CCCC(O)C1OC(c2ccc3c(c2)=C=3)OC2COC(c3ccccc3)OC21. The number of rotatable bonds is 5. The Morgan fingerprint density at radius 2 is 1.86 bits per heavy atom. The van der Waals surface area contributed by atoms with Crippen LogP contribution in [0.5, 0.6) is 0 Å². The number of benzene rings is 2. The van der Waals surface area contributed by atoms with E-state index < -0.39 is 30.9 Å². The molecule has 5 heteroatoms. The average Bonchev–Trinajstić information content (AvgIpc) is 3.52. The highest BCUT2D eigenvalue weighted by molar-refractivity contribution is 5.40. The van der Waals surface area contributed by atoms with Gasteiger partial charge in [0.1, 0.15) is 18.3 Å². The van der Waals surface area contributed by atoms with Gasteiger partial charge in [0.05, 0.1) is 12.7 Å². The van der Waals surface area contributed by atoms with Gasteiger partial charge in [0.15, 0.2) is 12.6 Å². The minimum Gasteiger partial charge on any atom is -0.390 e. The fraction of sp³-hybridized carbons (Fsp3) is 0.435. The third kappa shape index (κ3) is 3.42. The van der Waals surface area contributed by atoms with E-state index in [1.165, 1.54) is 0 Å². The third-order valence-corrected chi connectivity index (χ3v) is 5.52. The Labute approximate surface area is 163 Å². The Kier molecular flexibility index (Phi) is 4.81. The fourth-order valence-electron chi connectivity index (χ4n) is 3.98. The van der Waals surface area contributed by atoms with Crippen molar-refractivity contribution in [2.24, 2.45) is 0 Å². The molecule has 0 bridgehead atoms. The van der Waals surface area contributed by atoms with Crippen molar-refractivity contribution in [3.63, 3.8) is 0 Å². The van der Waals surface area contributed by atoms with E-state index >= 15 is 0 Å². The average molecular weight is 380 g/mol. The first-order valence-electron chi connectivity index (χ1n) is 9.95. The van der Waals surface area contributed by atoms with Gasteiger partial charge in [-0.15, -0.1) is 5.73 Å². The summed E-state index contributed by atoms with van der Waals surface area (Å²) in [7, 11) is 0. The standard InChI is InChI=1S/C23H24O5/c1-2-6-18(24)20-21-19(13-25-22(28-21)14-7-4-3-5-8-14)26-23(27-20)16-10-9-15-11-17(15)12-16/h3-5,7-10,12,18-24H,2,6,13H2,1H3. The van der Waals surface area contributed by atoms with Crippen LogP contribution in [0.25, 0.3) is 5.73 Å². The van der Waals surface area contributed by atoms with Gasteiger partial charge in [-0.05, 0) is 18.6 Å². The van der Waals surface area contributed by atoms with Gasteiger partial charge in [0, 0.05) is 21.6 Å². The highest BCUT2D eigenvalue weighted by atomic mass is 16.8. The topological polar surface area (TPSA) is 57.2 Å². The summed E-state index contributed by atoms with van der Waals surface area (Å²) >= 11 is 0. The Bertz CT molecular complexity index is 968. The maximum Gasteiger partial charge on any atom is 0.185 e. The van der Waals surface area contributed by atoms with Gasteiger partial charge in [-0.25, -0.2) is 0 Å². The van der Waals surface area contributed by atoms with Gasteiger partial charge >= 0.3 is 0 Å². The molecule has 3 aliphatic rings. The first-order chi connectivity index (χ1) is 13.7. The number of aliphatic hydroxyl groups is 1. The van der Waals surface area contributed by atoms with E-state index in [1.54, 1.807) is 0 Å².